The predicted molar refractivity (Wildman–Crippen MR) is 75.0 cm³/mol. The molecular weight excluding hydrogens is 260 g/mol. The molecule has 4 nitrogen and oxygen atoms in total. The maximum absolute atomic E-state index is 13.6. The minimum atomic E-state index is -0.577. The summed E-state index contributed by atoms with van der Waals surface area (Å²) in [5, 5.41) is 0. The molecule has 1 heterocycles. The third-order valence-electron chi connectivity index (χ3n) is 3.96. The van der Waals surface area contributed by atoms with Gasteiger partial charge in [0.15, 0.2) is 0 Å². The molecule has 0 aromatic heterocycles. The van der Waals surface area contributed by atoms with E-state index in [4.69, 9.17) is 15.0 Å². The molecule has 0 unspecified atom stereocenters. The molecule has 20 heavy (non-hydrogen) atoms. The number of carbonyl (C=O) groups excluding carboxylic acids is 1. The van der Waals surface area contributed by atoms with Gasteiger partial charge in [-0.25, -0.2) is 4.39 Å². The number of benzene rings is 1. The zero-order valence-electron chi connectivity index (χ0n) is 12.2. The molecule has 1 aromatic carbocycles. The van der Waals surface area contributed by atoms with E-state index in [-0.39, 0.29) is 12.0 Å². The van der Waals surface area contributed by atoms with Crippen molar-refractivity contribution in [1.29, 1.82) is 0 Å². The average molecular weight is 279 g/mol. The molecule has 0 spiro atoms. The molecule has 0 aliphatic carbocycles. The van der Waals surface area contributed by atoms with Crippen LogP contribution < -0.4 is 11.2 Å². The van der Waals surface area contributed by atoms with Crippen LogP contribution in [0.15, 0.2) is 18.2 Å². The predicted octanol–water partition coefficient (Wildman–Crippen LogP) is 1.15. The van der Waals surface area contributed by atoms with Crippen molar-refractivity contribution in [3.8, 4) is 0 Å². The average Bonchev–Trinajstić information content (AvgIpc) is 2.50. The Morgan fingerprint density at radius 3 is 2.30 bits per heavy atom. The maximum atomic E-state index is 13.6. The van der Waals surface area contributed by atoms with E-state index in [2.05, 4.69) is 0 Å². The Balaban J connectivity index is 2.29. The molecule has 2 rings (SSSR count). The van der Waals surface area contributed by atoms with Gasteiger partial charge in [0, 0.05) is 0 Å². The van der Waals surface area contributed by atoms with Gasteiger partial charge in [-0.15, -0.1) is 0 Å². The lowest BCUT2D eigenvalue weighted by Gasteiger charge is -2.32. The van der Waals surface area contributed by atoms with Gasteiger partial charge in [-0.2, -0.15) is 0 Å². The van der Waals surface area contributed by atoms with Gasteiger partial charge in [0.05, 0.1) is 17.6 Å². The largest absolute Gasteiger partial charge is 0.494 e. The molecule has 1 aliphatic heterocycles. The van der Waals surface area contributed by atoms with Crippen LogP contribution in [0.3, 0.4) is 0 Å². The van der Waals surface area contributed by atoms with E-state index in [0.717, 1.165) is 0 Å². The van der Waals surface area contributed by atoms with E-state index in [1.54, 1.807) is 12.1 Å². The molecule has 1 amide bonds. The minimum absolute atomic E-state index is 0.140. The topological polar surface area (TPSA) is 61.5 Å². The number of rotatable bonds is 3. The second-order valence-electron chi connectivity index (χ2n) is 6.08. The molecule has 1 aromatic rings. The highest BCUT2D eigenvalue weighted by molar-refractivity contribution is 6.62. The van der Waals surface area contributed by atoms with Crippen LogP contribution >= 0.6 is 0 Å². The smallest absolute Gasteiger partial charge is 0.399 e. The standard InChI is InChI=1S/C14H19BFNO3/c1-13(2)14(3,4)20-15(19-13)10-5-6-11(16)9(7-10)8-12(17)18/h5-7H,8H2,1-4H3,(H2,17,18). The first-order chi connectivity index (χ1) is 9.12. The highest BCUT2D eigenvalue weighted by atomic mass is 19.1. The van der Waals surface area contributed by atoms with Gasteiger partial charge in [0.25, 0.3) is 0 Å². The minimum Gasteiger partial charge on any atom is -0.399 e. The van der Waals surface area contributed by atoms with Crippen molar-refractivity contribution in [2.45, 2.75) is 45.3 Å². The van der Waals surface area contributed by atoms with Crippen LogP contribution in [0.25, 0.3) is 0 Å². The van der Waals surface area contributed by atoms with Crippen LogP contribution in [0.4, 0.5) is 4.39 Å². The summed E-state index contributed by atoms with van der Waals surface area (Å²) in [5.41, 5.74) is 5.13. The number of hydrogen-bond donors (Lipinski definition) is 1. The van der Waals surface area contributed by atoms with Gasteiger partial charge in [0.1, 0.15) is 5.82 Å². The zero-order valence-corrected chi connectivity index (χ0v) is 12.2. The van der Waals surface area contributed by atoms with Crippen LogP contribution in [0.1, 0.15) is 33.3 Å². The lowest BCUT2D eigenvalue weighted by atomic mass is 9.78. The van der Waals surface area contributed by atoms with Crippen molar-refractivity contribution in [2.75, 3.05) is 0 Å². The van der Waals surface area contributed by atoms with Crippen molar-refractivity contribution in [1.82, 2.24) is 0 Å². The number of hydrogen-bond acceptors (Lipinski definition) is 3. The van der Waals surface area contributed by atoms with Crippen molar-refractivity contribution in [2.24, 2.45) is 5.73 Å². The van der Waals surface area contributed by atoms with E-state index in [1.165, 1.54) is 6.07 Å². The Morgan fingerprint density at radius 2 is 1.80 bits per heavy atom. The lowest BCUT2D eigenvalue weighted by Crippen LogP contribution is -2.41. The molecule has 0 atom stereocenters. The van der Waals surface area contributed by atoms with Crippen molar-refractivity contribution in [3.05, 3.63) is 29.6 Å². The third kappa shape index (κ3) is 2.71. The second-order valence-corrected chi connectivity index (χ2v) is 6.08. The summed E-state index contributed by atoms with van der Waals surface area (Å²) < 4.78 is 25.4. The summed E-state index contributed by atoms with van der Waals surface area (Å²) in [6.07, 6.45) is -0.140. The van der Waals surface area contributed by atoms with Crippen molar-refractivity contribution >= 4 is 18.5 Å². The summed E-state index contributed by atoms with van der Waals surface area (Å²) in [5.74, 6) is -1.03. The number of primary amides is 1. The molecule has 1 fully saturated rings. The van der Waals surface area contributed by atoms with Crippen molar-refractivity contribution < 1.29 is 18.5 Å². The molecule has 2 N–H and O–H groups in total. The molecule has 6 heteroatoms. The maximum Gasteiger partial charge on any atom is 0.494 e. The monoisotopic (exact) mass is 279 g/mol. The highest BCUT2D eigenvalue weighted by Gasteiger charge is 2.51. The fourth-order valence-electron chi connectivity index (χ4n) is 2.04. The van der Waals surface area contributed by atoms with E-state index in [0.29, 0.717) is 5.46 Å². The summed E-state index contributed by atoms with van der Waals surface area (Å²) >= 11 is 0. The molecule has 0 saturated carbocycles. The Labute approximate surface area is 118 Å². The first-order valence-corrected chi connectivity index (χ1v) is 6.55. The summed E-state index contributed by atoms with van der Waals surface area (Å²) in [7, 11) is -0.577. The van der Waals surface area contributed by atoms with E-state index < -0.39 is 30.0 Å². The van der Waals surface area contributed by atoms with Crippen LogP contribution in [0.2, 0.25) is 0 Å². The second kappa shape index (κ2) is 4.86. The van der Waals surface area contributed by atoms with Gasteiger partial charge >= 0.3 is 7.12 Å². The van der Waals surface area contributed by atoms with Crippen LogP contribution in [0, 0.1) is 5.82 Å². The fourth-order valence-corrected chi connectivity index (χ4v) is 2.04. The van der Waals surface area contributed by atoms with Gasteiger partial charge in [-0.1, -0.05) is 12.1 Å². The summed E-state index contributed by atoms with van der Waals surface area (Å²) in [6.45, 7) is 7.78. The molecule has 108 valence electrons. The highest BCUT2D eigenvalue weighted by Crippen LogP contribution is 2.36. The fraction of sp³-hybridized carbons (Fsp3) is 0.500. The molecule has 0 radical (unpaired) electrons. The Hall–Kier alpha value is -1.40. The molecular formula is C14H19BFNO3. The quantitative estimate of drug-likeness (QED) is 0.844. The lowest BCUT2D eigenvalue weighted by molar-refractivity contribution is -0.117. The number of carbonyl (C=O) groups is 1. The van der Waals surface area contributed by atoms with E-state index >= 15 is 0 Å². The number of nitrogens with two attached hydrogens (primary N) is 1. The Bertz CT molecular complexity index is 529. The SMILES string of the molecule is CC1(C)OB(c2ccc(F)c(CC(N)=O)c2)OC1(C)C. The van der Waals surface area contributed by atoms with E-state index in [1.807, 2.05) is 27.7 Å². The third-order valence-corrected chi connectivity index (χ3v) is 3.96. The first kappa shape index (κ1) is 15.0. The number of halogens is 1. The van der Waals surface area contributed by atoms with Crippen LogP contribution in [0.5, 0.6) is 0 Å². The molecule has 1 saturated heterocycles. The summed E-state index contributed by atoms with van der Waals surface area (Å²) in [6, 6.07) is 4.48. The Morgan fingerprint density at radius 1 is 1.25 bits per heavy atom. The van der Waals surface area contributed by atoms with Crippen LogP contribution in [-0.4, -0.2) is 24.2 Å². The van der Waals surface area contributed by atoms with Crippen LogP contribution in [-0.2, 0) is 20.5 Å². The van der Waals surface area contributed by atoms with Crippen molar-refractivity contribution in [3.63, 3.8) is 0 Å². The zero-order chi connectivity index (χ0) is 15.1. The Kier molecular flexibility index (Phi) is 3.65. The number of amides is 1. The normalized spacial score (nSPS) is 20.1. The van der Waals surface area contributed by atoms with Gasteiger partial charge in [-0.3, -0.25) is 4.79 Å². The van der Waals surface area contributed by atoms with Gasteiger partial charge in [-0.05, 0) is 44.8 Å². The summed E-state index contributed by atoms with van der Waals surface area (Å²) in [4.78, 5) is 11.0. The van der Waals surface area contributed by atoms with Gasteiger partial charge in [0.2, 0.25) is 5.91 Å². The van der Waals surface area contributed by atoms with E-state index in [9.17, 15) is 9.18 Å². The molecule has 1 aliphatic rings. The molecule has 0 bridgehead atoms. The van der Waals surface area contributed by atoms with Gasteiger partial charge < -0.3 is 15.0 Å². The first-order valence-electron chi connectivity index (χ1n) is 6.55.